The number of benzene rings is 2. The summed E-state index contributed by atoms with van der Waals surface area (Å²) in [5.74, 6) is -0.791. The SMILES string of the molecule is COc1cc(N=Cc2nc(-c3ccccc3)oc2O)c(C(=O)O)cc1OC. The van der Waals surface area contributed by atoms with Crippen molar-refractivity contribution in [2.75, 3.05) is 14.2 Å². The number of aliphatic imine (C=N–C) groups is 1. The lowest BCUT2D eigenvalue weighted by Gasteiger charge is -2.10. The number of carbonyl (C=O) groups is 1. The molecule has 3 rings (SSSR count). The smallest absolute Gasteiger partial charge is 0.338 e. The van der Waals surface area contributed by atoms with Gasteiger partial charge in [0.2, 0.25) is 5.89 Å². The molecule has 0 aliphatic carbocycles. The molecule has 138 valence electrons. The minimum atomic E-state index is -1.18. The average Bonchev–Trinajstić information content (AvgIpc) is 3.06. The summed E-state index contributed by atoms with van der Waals surface area (Å²) in [6.45, 7) is 0. The molecule has 0 fully saturated rings. The molecular weight excluding hydrogens is 352 g/mol. The Labute approximate surface area is 154 Å². The molecule has 0 amide bonds. The van der Waals surface area contributed by atoms with Gasteiger partial charge in [-0.15, -0.1) is 0 Å². The second-order valence-corrected chi connectivity index (χ2v) is 5.36. The largest absolute Gasteiger partial charge is 0.493 e. The Balaban J connectivity index is 1.99. The van der Waals surface area contributed by atoms with Gasteiger partial charge in [0.1, 0.15) is 0 Å². The van der Waals surface area contributed by atoms with Crippen molar-refractivity contribution >= 4 is 17.9 Å². The summed E-state index contributed by atoms with van der Waals surface area (Å²) in [7, 11) is 2.84. The Morgan fingerprint density at radius 3 is 2.44 bits per heavy atom. The second kappa shape index (κ2) is 7.61. The summed E-state index contributed by atoms with van der Waals surface area (Å²) in [6.07, 6.45) is 1.22. The molecule has 1 aromatic heterocycles. The second-order valence-electron chi connectivity index (χ2n) is 5.36. The molecule has 0 saturated heterocycles. The number of hydrogen-bond acceptors (Lipinski definition) is 7. The Morgan fingerprint density at radius 2 is 1.81 bits per heavy atom. The fraction of sp³-hybridized carbons (Fsp3) is 0.105. The van der Waals surface area contributed by atoms with Crippen LogP contribution in [0.4, 0.5) is 5.69 Å². The van der Waals surface area contributed by atoms with Crippen LogP contribution in [0.5, 0.6) is 17.4 Å². The number of ether oxygens (including phenoxy) is 2. The van der Waals surface area contributed by atoms with E-state index >= 15 is 0 Å². The lowest BCUT2D eigenvalue weighted by atomic mass is 10.1. The number of aromatic carboxylic acids is 1. The molecule has 0 atom stereocenters. The molecule has 0 saturated carbocycles. The van der Waals surface area contributed by atoms with Crippen molar-refractivity contribution in [3.8, 4) is 28.9 Å². The zero-order chi connectivity index (χ0) is 19.4. The monoisotopic (exact) mass is 368 g/mol. The Kier molecular flexibility index (Phi) is 5.07. The van der Waals surface area contributed by atoms with E-state index in [2.05, 4.69) is 9.98 Å². The van der Waals surface area contributed by atoms with Crippen LogP contribution in [-0.2, 0) is 0 Å². The van der Waals surface area contributed by atoms with E-state index in [9.17, 15) is 15.0 Å². The van der Waals surface area contributed by atoms with Crippen molar-refractivity contribution in [3.05, 3.63) is 53.7 Å². The first kappa shape index (κ1) is 18.0. The van der Waals surface area contributed by atoms with Gasteiger partial charge in [-0.1, -0.05) is 18.2 Å². The zero-order valence-corrected chi connectivity index (χ0v) is 14.5. The standard InChI is InChI=1S/C19H16N2O6/c1-25-15-8-12(18(22)23)13(9-16(15)26-2)20-10-14-19(24)27-17(21-14)11-6-4-3-5-7-11/h3-10,24H,1-2H3,(H,22,23). The van der Waals surface area contributed by atoms with Gasteiger partial charge in [0.25, 0.3) is 0 Å². The van der Waals surface area contributed by atoms with Gasteiger partial charge in [-0.25, -0.2) is 9.78 Å². The van der Waals surface area contributed by atoms with E-state index in [0.717, 1.165) is 0 Å². The number of aromatic nitrogens is 1. The fourth-order valence-corrected chi connectivity index (χ4v) is 2.39. The molecule has 0 bridgehead atoms. The highest BCUT2D eigenvalue weighted by molar-refractivity contribution is 5.96. The molecule has 2 aromatic carbocycles. The first-order valence-electron chi connectivity index (χ1n) is 7.82. The van der Waals surface area contributed by atoms with Crippen LogP contribution >= 0.6 is 0 Å². The Hall–Kier alpha value is -3.81. The van der Waals surface area contributed by atoms with Gasteiger partial charge in [0, 0.05) is 17.7 Å². The number of nitrogens with zero attached hydrogens (tertiary/aromatic N) is 2. The third-order valence-corrected chi connectivity index (χ3v) is 3.71. The van der Waals surface area contributed by atoms with Crippen molar-refractivity contribution in [2.24, 2.45) is 4.99 Å². The van der Waals surface area contributed by atoms with Crippen LogP contribution in [0, 0.1) is 0 Å². The molecule has 1 heterocycles. The number of oxazole rings is 1. The molecule has 0 aliphatic rings. The number of methoxy groups -OCH3 is 2. The van der Waals surface area contributed by atoms with Crippen molar-refractivity contribution < 1.29 is 28.9 Å². The topological polar surface area (TPSA) is 114 Å². The normalized spacial score (nSPS) is 10.9. The zero-order valence-electron chi connectivity index (χ0n) is 14.5. The van der Waals surface area contributed by atoms with E-state index in [-0.39, 0.29) is 28.6 Å². The molecule has 0 unspecified atom stereocenters. The van der Waals surface area contributed by atoms with Gasteiger partial charge >= 0.3 is 11.9 Å². The number of rotatable bonds is 6. The predicted molar refractivity (Wildman–Crippen MR) is 97.4 cm³/mol. The molecule has 2 N–H and O–H groups in total. The highest BCUT2D eigenvalue weighted by atomic mass is 16.5. The number of carboxylic acid groups (broad SMARTS) is 1. The summed E-state index contributed by atoms with van der Waals surface area (Å²) in [4.78, 5) is 19.8. The van der Waals surface area contributed by atoms with Crippen LogP contribution in [0.1, 0.15) is 16.1 Å². The van der Waals surface area contributed by atoms with Crippen molar-refractivity contribution in [1.82, 2.24) is 4.98 Å². The van der Waals surface area contributed by atoms with Crippen LogP contribution < -0.4 is 9.47 Å². The number of carboxylic acids is 1. The minimum Gasteiger partial charge on any atom is -0.493 e. The van der Waals surface area contributed by atoms with Gasteiger partial charge in [0.05, 0.1) is 31.7 Å². The summed E-state index contributed by atoms with van der Waals surface area (Å²) in [5, 5.41) is 19.4. The molecule has 3 aromatic rings. The van der Waals surface area contributed by atoms with Crippen molar-refractivity contribution in [1.29, 1.82) is 0 Å². The number of aromatic hydroxyl groups is 1. The highest BCUT2D eigenvalue weighted by Gasteiger charge is 2.17. The van der Waals surface area contributed by atoms with E-state index in [4.69, 9.17) is 13.9 Å². The summed E-state index contributed by atoms with van der Waals surface area (Å²) in [5.41, 5.74) is 0.781. The molecular formula is C19H16N2O6. The molecule has 8 nitrogen and oxygen atoms in total. The maximum Gasteiger partial charge on any atom is 0.338 e. The molecule has 0 radical (unpaired) electrons. The third kappa shape index (κ3) is 3.74. The highest BCUT2D eigenvalue weighted by Crippen LogP contribution is 2.35. The average molecular weight is 368 g/mol. The van der Waals surface area contributed by atoms with Gasteiger partial charge in [0.15, 0.2) is 17.2 Å². The Morgan fingerprint density at radius 1 is 1.15 bits per heavy atom. The summed E-state index contributed by atoms with van der Waals surface area (Å²) >= 11 is 0. The van der Waals surface area contributed by atoms with E-state index in [0.29, 0.717) is 11.3 Å². The molecule has 8 heteroatoms. The fourth-order valence-electron chi connectivity index (χ4n) is 2.39. The first-order valence-corrected chi connectivity index (χ1v) is 7.82. The van der Waals surface area contributed by atoms with Crippen LogP contribution in [0.25, 0.3) is 11.5 Å². The van der Waals surface area contributed by atoms with Gasteiger partial charge in [-0.05, 0) is 12.1 Å². The summed E-state index contributed by atoms with van der Waals surface area (Å²) in [6, 6.07) is 11.8. The molecule has 0 aliphatic heterocycles. The maximum absolute atomic E-state index is 11.5. The molecule has 27 heavy (non-hydrogen) atoms. The van der Waals surface area contributed by atoms with E-state index in [1.54, 1.807) is 12.1 Å². The van der Waals surface area contributed by atoms with E-state index < -0.39 is 11.9 Å². The predicted octanol–water partition coefficient (Wildman–Crippen LogP) is 3.51. The van der Waals surface area contributed by atoms with Crippen LogP contribution in [0.15, 0.2) is 51.9 Å². The lowest BCUT2D eigenvalue weighted by molar-refractivity contribution is 0.0697. The van der Waals surface area contributed by atoms with Crippen LogP contribution in [-0.4, -0.2) is 41.6 Å². The lowest BCUT2D eigenvalue weighted by Crippen LogP contribution is -2.00. The maximum atomic E-state index is 11.5. The van der Waals surface area contributed by atoms with Crippen LogP contribution in [0.3, 0.4) is 0 Å². The van der Waals surface area contributed by atoms with E-state index in [1.165, 1.54) is 32.6 Å². The first-order chi connectivity index (χ1) is 13.0. The Bertz CT molecular complexity index is 995. The van der Waals surface area contributed by atoms with Crippen molar-refractivity contribution in [2.45, 2.75) is 0 Å². The van der Waals surface area contributed by atoms with Crippen LogP contribution in [0.2, 0.25) is 0 Å². The van der Waals surface area contributed by atoms with Crippen molar-refractivity contribution in [3.63, 3.8) is 0 Å². The van der Waals surface area contributed by atoms with Gasteiger partial charge in [-0.3, -0.25) is 4.99 Å². The third-order valence-electron chi connectivity index (χ3n) is 3.71. The van der Waals surface area contributed by atoms with E-state index in [1.807, 2.05) is 18.2 Å². The quantitative estimate of drug-likeness (QED) is 0.640. The number of hydrogen-bond donors (Lipinski definition) is 2. The van der Waals surface area contributed by atoms with Gasteiger partial charge in [-0.2, -0.15) is 0 Å². The molecule has 0 spiro atoms. The van der Waals surface area contributed by atoms with Gasteiger partial charge < -0.3 is 24.1 Å². The minimum absolute atomic E-state index is 0.0694. The summed E-state index contributed by atoms with van der Waals surface area (Å²) < 4.78 is 15.5.